The maximum Gasteiger partial charge on any atom is 0.207 e. The van der Waals surface area contributed by atoms with Crippen LogP contribution in [0.25, 0.3) is 22.3 Å². The van der Waals surface area contributed by atoms with Crippen LogP contribution in [0.4, 0.5) is 0 Å². The van der Waals surface area contributed by atoms with Crippen LogP contribution in [0, 0.1) is 11.3 Å². The van der Waals surface area contributed by atoms with E-state index in [-0.39, 0.29) is 0 Å². The minimum absolute atomic E-state index is 0.686. The van der Waals surface area contributed by atoms with Crippen molar-refractivity contribution in [2.24, 2.45) is 0 Å². The van der Waals surface area contributed by atoms with Gasteiger partial charge in [-0.15, -0.1) is 0 Å². The third-order valence-corrected chi connectivity index (χ3v) is 6.94. The van der Waals surface area contributed by atoms with E-state index in [1.165, 1.54) is 16.3 Å². The van der Waals surface area contributed by atoms with Crippen molar-refractivity contribution in [3.8, 4) is 28.3 Å². The van der Waals surface area contributed by atoms with Gasteiger partial charge in [-0.25, -0.2) is 0 Å². The molecule has 3 heteroatoms. The molecule has 0 aliphatic heterocycles. The minimum atomic E-state index is -1.24. The molecule has 3 aromatic rings. The molecular weight excluding hydrogens is 322 g/mol. The molecule has 124 valence electrons. The van der Waals surface area contributed by atoms with E-state index >= 15 is 0 Å². The number of nitriles is 1. The average Bonchev–Trinajstić information content (AvgIpc) is 2.70. The Hall–Kier alpha value is -2.67. The normalized spacial score (nSPS) is 11.7. The van der Waals surface area contributed by atoms with Gasteiger partial charge in [0.15, 0.2) is 0 Å². The van der Waals surface area contributed by atoms with Crippen molar-refractivity contribution in [2.45, 2.75) is 13.0 Å². The Labute approximate surface area is 151 Å². The Balaban J connectivity index is 1.81. The lowest BCUT2D eigenvalue weighted by molar-refractivity contribution is 0.430. The standard InChI is InChI=1S/C22H21NOSi/c1-3-25(24-2)22-14-12-21(13-15-22)20-10-8-19(9-11-20)18-6-4-17(16-23)5-7-18/h4-15,25H,3H2,1-2H3. The maximum absolute atomic E-state index is 8.89. The summed E-state index contributed by atoms with van der Waals surface area (Å²) in [4.78, 5) is 0. The summed E-state index contributed by atoms with van der Waals surface area (Å²) in [5.74, 6) is 0. The Morgan fingerprint density at radius 2 is 1.16 bits per heavy atom. The minimum Gasteiger partial charge on any atom is -0.419 e. The molecule has 0 saturated carbocycles. The van der Waals surface area contributed by atoms with Gasteiger partial charge in [0, 0.05) is 7.11 Å². The summed E-state index contributed by atoms with van der Waals surface area (Å²) in [6, 6.07) is 28.3. The fourth-order valence-electron chi connectivity index (χ4n) is 3.02. The van der Waals surface area contributed by atoms with Crippen molar-refractivity contribution in [2.75, 3.05) is 7.11 Å². The van der Waals surface area contributed by atoms with E-state index in [1.807, 2.05) is 31.4 Å². The fraction of sp³-hybridized carbons (Fsp3) is 0.136. The highest BCUT2D eigenvalue weighted by Gasteiger charge is 2.10. The van der Waals surface area contributed by atoms with Crippen LogP contribution in [0.5, 0.6) is 0 Å². The van der Waals surface area contributed by atoms with Gasteiger partial charge in [-0.2, -0.15) is 5.26 Å². The first-order valence-corrected chi connectivity index (χ1v) is 10.4. The third kappa shape index (κ3) is 3.88. The van der Waals surface area contributed by atoms with Gasteiger partial charge in [-0.1, -0.05) is 67.6 Å². The molecule has 0 N–H and O–H groups in total. The van der Waals surface area contributed by atoms with Crippen LogP contribution in [-0.2, 0) is 4.43 Å². The highest BCUT2D eigenvalue weighted by Crippen LogP contribution is 2.24. The lowest BCUT2D eigenvalue weighted by atomic mass is 10.00. The molecule has 2 nitrogen and oxygen atoms in total. The van der Waals surface area contributed by atoms with Crippen molar-refractivity contribution in [3.05, 3.63) is 78.4 Å². The average molecular weight is 344 g/mol. The third-order valence-electron chi connectivity index (χ3n) is 4.50. The molecule has 0 aromatic heterocycles. The predicted molar refractivity (Wildman–Crippen MR) is 106 cm³/mol. The Morgan fingerprint density at radius 1 is 0.760 bits per heavy atom. The van der Waals surface area contributed by atoms with Gasteiger partial charge in [0.05, 0.1) is 11.6 Å². The van der Waals surface area contributed by atoms with Crippen molar-refractivity contribution < 1.29 is 4.43 Å². The summed E-state index contributed by atoms with van der Waals surface area (Å²) in [7, 11) is 0.571. The number of benzene rings is 3. The second kappa shape index (κ2) is 7.93. The quantitative estimate of drug-likeness (QED) is 0.640. The molecule has 1 unspecified atom stereocenters. The zero-order valence-corrected chi connectivity index (χ0v) is 15.7. The summed E-state index contributed by atoms with van der Waals surface area (Å²) in [5.41, 5.74) is 5.39. The molecule has 1 atom stereocenters. The molecule has 0 amide bonds. The van der Waals surface area contributed by atoms with E-state index < -0.39 is 9.04 Å². The monoisotopic (exact) mass is 343 g/mol. The molecule has 0 radical (unpaired) electrons. The van der Waals surface area contributed by atoms with E-state index in [0.717, 1.165) is 17.2 Å². The molecule has 0 fully saturated rings. The van der Waals surface area contributed by atoms with E-state index in [0.29, 0.717) is 5.56 Å². The highest BCUT2D eigenvalue weighted by molar-refractivity contribution is 6.67. The zero-order valence-electron chi connectivity index (χ0n) is 14.6. The summed E-state index contributed by atoms with van der Waals surface area (Å²) in [5, 5.41) is 10.2. The topological polar surface area (TPSA) is 33.0 Å². The molecule has 3 rings (SSSR count). The van der Waals surface area contributed by atoms with Gasteiger partial charge in [0.2, 0.25) is 9.04 Å². The van der Waals surface area contributed by atoms with E-state index in [2.05, 4.69) is 61.5 Å². The van der Waals surface area contributed by atoms with Crippen molar-refractivity contribution >= 4 is 14.2 Å². The smallest absolute Gasteiger partial charge is 0.207 e. The zero-order chi connectivity index (χ0) is 17.6. The molecule has 0 spiro atoms. The largest absolute Gasteiger partial charge is 0.419 e. The lowest BCUT2D eigenvalue weighted by Gasteiger charge is -2.12. The summed E-state index contributed by atoms with van der Waals surface area (Å²) < 4.78 is 5.63. The first-order valence-electron chi connectivity index (χ1n) is 8.49. The van der Waals surface area contributed by atoms with Crippen LogP contribution in [0.3, 0.4) is 0 Å². The SMILES string of the molecule is CC[SiH](OC)c1ccc(-c2ccc(-c3ccc(C#N)cc3)cc2)cc1. The highest BCUT2D eigenvalue weighted by atomic mass is 28.3. The van der Waals surface area contributed by atoms with Gasteiger partial charge in [0.1, 0.15) is 0 Å². The fourth-order valence-corrected chi connectivity index (χ4v) is 4.72. The lowest BCUT2D eigenvalue weighted by Crippen LogP contribution is -2.31. The summed E-state index contributed by atoms with van der Waals surface area (Å²) in [6.07, 6.45) is 0. The Morgan fingerprint density at radius 3 is 1.52 bits per heavy atom. The van der Waals surface area contributed by atoms with E-state index in [4.69, 9.17) is 9.69 Å². The summed E-state index contributed by atoms with van der Waals surface area (Å²) in [6.45, 7) is 2.19. The van der Waals surface area contributed by atoms with Gasteiger partial charge in [-0.05, 0) is 45.6 Å². The molecule has 0 heterocycles. The molecular formula is C22H21NOSi. The van der Waals surface area contributed by atoms with Gasteiger partial charge in [0.25, 0.3) is 0 Å². The van der Waals surface area contributed by atoms with Gasteiger partial charge in [-0.3, -0.25) is 0 Å². The Kier molecular flexibility index (Phi) is 5.45. The number of hydrogen-bond acceptors (Lipinski definition) is 2. The molecule has 3 aromatic carbocycles. The van der Waals surface area contributed by atoms with Gasteiger partial charge < -0.3 is 4.43 Å². The van der Waals surface area contributed by atoms with Crippen LogP contribution < -0.4 is 5.19 Å². The van der Waals surface area contributed by atoms with Gasteiger partial charge >= 0.3 is 0 Å². The van der Waals surface area contributed by atoms with Crippen molar-refractivity contribution in [3.63, 3.8) is 0 Å². The molecule has 0 aliphatic rings. The summed E-state index contributed by atoms with van der Waals surface area (Å²) >= 11 is 0. The second-order valence-corrected chi connectivity index (χ2v) is 8.95. The maximum atomic E-state index is 8.89. The van der Waals surface area contributed by atoms with Crippen LogP contribution in [0.15, 0.2) is 72.8 Å². The Bertz CT molecular complexity index is 858. The van der Waals surface area contributed by atoms with Crippen LogP contribution in [0.1, 0.15) is 12.5 Å². The first-order chi connectivity index (χ1) is 12.2. The number of nitrogens with zero attached hydrogens (tertiary/aromatic N) is 1. The van der Waals surface area contributed by atoms with Crippen LogP contribution in [0.2, 0.25) is 6.04 Å². The van der Waals surface area contributed by atoms with E-state index in [1.54, 1.807) is 0 Å². The predicted octanol–water partition coefficient (Wildman–Crippen LogP) is 4.49. The molecule has 0 bridgehead atoms. The number of rotatable bonds is 5. The molecule has 0 saturated heterocycles. The van der Waals surface area contributed by atoms with Crippen molar-refractivity contribution in [1.82, 2.24) is 0 Å². The van der Waals surface area contributed by atoms with E-state index in [9.17, 15) is 0 Å². The first kappa shape index (κ1) is 17.2. The molecule has 0 aliphatic carbocycles. The number of hydrogen-bond donors (Lipinski definition) is 0. The van der Waals surface area contributed by atoms with Crippen molar-refractivity contribution in [1.29, 1.82) is 5.26 Å². The second-order valence-electron chi connectivity index (χ2n) is 6.02. The van der Waals surface area contributed by atoms with Crippen LogP contribution >= 0.6 is 0 Å². The van der Waals surface area contributed by atoms with Crippen LogP contribution in [-0.4, -0.2) is 16.2 Å². The molecule has 25 heavy (non-hydrogen) atoms.